The fourth-order valence-electron chi connectivity index (χ4n) is 3.93. The molecule has 0 aliphatic rings. The van der Waals surface area contributed by atoms with Gasteiger partial charge < -0.3 is 11.1 Å². The molecule has 2 aromatic carbocycles. The zero-order valence-electron chi connectivity index (χ0n) is 20.0. The van der Waals surface area contributed by atoms with E-state index in [4.69, 9.17) is 5.73 Å². The van der Waals surface area contributed by atoms with Crippen LogP contribution in [-0.4, -0.2) is 20.7 Å². The van der Waals surface area contributed by atoms with Crippen molar-refractivity contribution in [3.8, 4) is 17.3 Å². The number of carbonyl (C=O) groups is 1. The Labute approximate surface area is 208 Å². The first-order chi connectivity index (χ1) is 17.3. The minimum atomic E-state index is -0.320. The molecule has 4 aromatic rings. The molecule has 7 nitrogen and oxygen atoms in total. The number of halogens is 1. The highest BCUT2D eigenvalue weighted by atomic mass is 19.1. The molecule has 0 bridgehead atoms. The molecule has 8 heteroatoms. The fraction of sp³-hybridized carbons (Fsp3) is 0.179. The van der Waals surface area contributed by atoms with E-state index in [9.17, 15) is 14.4 Å². The predicted octanol–water partition coefficient (Wildman–Crippen LogP) is 5.43. The van der Waals surface area contributed by atoms with Gasteiger partial charge in [-0.05, 0) is 42.2 Å². The van der Waals surface area contributed by atoms with Gasteiger partial charge in [-0.1, -0.05) is 43.3 Å². The van der Waals surface area contributed by atoms with E-state index < -0.39 is 0 Å². The van der Waals surface area contributed by atoms with Gasteiger partial charge in [-0.25, -0.2) is 14.4 Å². The van der Waals surface area contributed by atoms with Crippen molar-refractivity contribution in [1.82, 2.24) is 15.0 Å². The number of nitrogens with two attached hydrogens (primary N) is 1. The molecule has 4 rings (SSSR count). The number of anilines is 2. The van der Waals surface area contributed by atoms with Crippen molar-refractivity contribution in [3.63, 3.8) is 0 Å². The van der Waals surface area contributed by atoms with Gasteiger partial charge in [-0.15, -0.1) is 0 Å². The Balaban J connectivity index is 1.49. The minimum absolute atomic E-state index is 0.121. The first kappa shape index (κ1) is 24.5. The summed E-state index contributed by atoms with van der Waals surface area (Å²) in [5.41, 5.74) is 10.6. The van der Waals surface area contributed by atoms with Gasteiger partial charge >= 0.3 is 0 Å². The first-order valence-electron chi connectivity index (χ1n) is 11.4. The maximum Gasteiger partial charge on any atom is 0.167 e. The summed E-state index contributed by atoms with van der Waals surface area (Å²) in [5.74, 6) is 0.203. The van der Waals surface area contributed by atoms with Crippen molar-refractivity contribution in [2.75, 3.05) is 11.1 Å². The van der Waals surface area contributed by atoms with E-state index >= 15 is 0 Å². The van der Waals surface area contributed by atoms with E-state index in [0.29, 0.717) is 29.3 Å². The number of nitrogen functional groups attached to an aromatic ring is 1. The van der Waals surface area contributed by atoms with Gasteiger partial charge in [-0.2, -0.15) is 5.26 Å². The van der Waals surface area contributed by atoms with Crippen LogP contribution >= 0.6 is 0 Å². The summed E-state index contributed by atoms with van der Waals surface area (Å²) in [7, 11) is 0. The van der Waals surface area contributed by atoms with Crippen molar-refractivity contribution >= 4 is 17.4 Å². The molecule has 0 spiro atoms. The number of hydrogen-bond donors (Lipinski definition) is 2. The number of carbonyl (C=O) groups excluding carboxylic acids is 1. The van der Waals surface area contributed by atoms with Crippen LogP contribution in [0, 0.1) is 24.1 Å². The zero-order valence-corrected chi connectivity index (χ0v) is 20.0. The Morgan fingerprint density at radius 1 is 1.11 bits per heavy atom. The lowest BCUT2D eigenvalue weighted by molar-refractivity contribution is 0.0976. The summed E-state index contributed by atoms with van der Waals surface area (Å²) in [6, 6.07) is 17.5. The highest BCUT2D eigenvalue weighted by molar-refractivity contribution is 6.01. The summed E-state index contributed by atoms with van der Waals surface area (Å²) in [6.07, 6.45) is 3.17. The molecule has 3 N–H and O–H groups in total. The maximum atomic E-state index is 13.3. The number of ketones is 1. The van der Waals surface area contributed by atoms with Crippen molar-refractivity contribution in [2.45, 2.75) is 32.7 Å². The number of nitrogens with zero attached hydrogens (tertiary/aromatic N) is 4. The van der Waals surface area contributed by atoms with Gasteiger partial charge in [0, 0.05) is 24.7 Å². The van der Waals surface area contributed by atoms with Crippen LogP contribution in [0.5, 0.6) is 0 Å². The summed E-state index contributed by atoms with van der Waals surface area (Å²) in [5, 5.41) is 12.5. The number of aromatic nitrogens is 3. The van der Waals surface area contributed by atoms with Gasteiger partial charge in [-0.3, -0.25) is 9.78 Å². The smallest absolute Gasteiger partial charge is 0.167 e. The first-order valence-corrected chi connectivity index (χ1v) is 11.4. The van der Waals surface area contributed by atoms with E-state index in [1.165, 1.54) is 24.5 Å². The molecule has 0 amide bonds. The molecule has 1 atom stereocenters. The van der Waals surface area contributed by atoms with Crippen molar-refractivity contribution in [2.24, 2.45) is 0 Å². The molecule has 0 radical (unpaired) electrons. The molecule has 2 aromatic heterocycles. The second-order valence-corrected chi connectivity index (χ2v) is 8.59. The van der Waals surface area contributed by atoms with E-state index in [2.05, 4.69) is 20.3 Å². The third-order valence-corrected chi connectivity index (χ3v) is 5.90. The van der Waals surface area contributed by atoms with Gasteiger partial charge in [0.15, 0.2) is 5.78 Å². The molecular weight excluding hydrogens is 455 g/mol. The Bertz CT molecular complexity index is 1430. The van der Waals surface area contributed by atoms with Gasteiger partial charge in [0.1, 0.15) is 23.5 Å². The predicted molar refractivity (Wildman–Crippen MR) is 137 cm³/mol. The van der Waals surface area contributed by atoms with Crippen LogP contribution in [0.2, 0.25) is 0 Å². The molecule has 0 unspecified atom stereocenters. The van der Waals surface area contributed by atoms with Gasteiger partial charge in [0.2, 0.25) is 0 Å². The molecule has 2 heterocycles. The Morgan fingerprint density at radius 3 is 2.50 bits per heavy atom. The second-order valence-electron chi connectivity index (χ2n) is 8.59. The van der Waals surface area contributed by atoms with Gasteiger partial charge in [0.25, 0.3) is 0 Å². The largest absolute Gasteiger partial charge is 0.382 e. The zero-order chi connectivity index (χ0) is 25.7. The monoisotopic (exact) mass is 480 g/mol. The third-order valence-electron chi connectivity index (χ3n) is 5.90. The fourth-order valence-corrected chi connectivity index (χ4v) is 3.93. The normalized spacial score (nSPS) is 11.5. The number of nitriles is 1. The number of nitrogens with one attached hydrogen (secondary N) is 1. The molecule has 0 aliphatic carbocycles. The molecule has 0 fully saturated rings. The summed E-state index contributed by atoms with van der Waals surface area (Å²) in [4.78, 5) is 26.1. The van der Waals surface area contributed by atoms with Crippen molar-refractivity contribution < 1.29 is 9.18 Å². The Hall–Kier alpha value is -4.64. The number of benzene rings is 2. The molecule has 36 heavy (non-hydrogen) atoms. The Morgan fingerprint density at radius 2 is 1.83 bits per heavy atom. The topological polar surface area (TPSA) is 118 Å². The third kappa shape index (κ3) is 5.70. The molecular formula is C28H25FN6O. The lowest BCUT2D eigenvalue weighted by Crippen LogP contribution is -2.11. The van der Waals surface area contributed by atoms with Crippen molar-refractivity contribution in [1.29, 1.82) is 5.26 Å². The average Bonchev–Trinajstić information content (AvgIpc) is 2.88. The minimum Gasteiger partial charge on any atom is -0.382 e. The molecule has 180 valence electrons. The number of Topliss-reactive ketones (excluding diaryl/α,β-unsaturated/α-hetero) is 1. The van der Waals surface area contributed by atoms with E-state index in [0.717, 1.165) is 28.1 Å². The molecule has 0 aliphatic heterocycles. The molecule has 0 saturated carbocycles. The van der Waals surface area contributed by atoms with Crippen LogP contribution in [-0.2, 0) is 6.54 Å². The number of rotatable bonds is 8. The number of hydrogen-bond acceptors (Lipinski definition) is 7. The van der Waals surface area contributed by atoms with Crippen LogP contribution in [0.1, 0.15) is 52.0 Å². The lowest BCUT2D eigenvalue weighted by Gasteiger charge is -2.14. The standard InChI is InChI=1S/C28H25FN6O/c1-17(21-7-9-23(29)10-8-21)11-25(36)24-12-20(13-30)15-34-28(24)33-14-19-3-5-22(6-4-19)27-18(2)35-26(31)16-32-27/h3-10,12,15-17H,11,14H2,1-2H3,(H2,31,35)(H,33,34)/t17-/m1/s1. The highest BCUT2D eigenvalue weighted by Gasteiger charge is 2.18. The van der Waals surface area contributed by atoms with E-state index in [1.807, 2.05) is 44.2 Å². The van der Waals surface area contributed by atoms with Crippen LogP contribution in [0.25, 0.3) is 11.3 Å². The lowest BCUT2D eigenvalue weighted by atomic mass is 9.93. The van der Waals surface area contributed by atoms with Crippen molar-refractivity contribution in [3.05, 3.63) is 101 Å². The van der Waals surface area contributed by atoms with Gasteiger partial charge in [0.05, 0.1) is 28.7 Å². The highest BCUT2D eigenvalue weighted by Crippen LogP contribution is 2.25. The van der Waals surface area contributed by atoms with E-state index in [1.54, 1.807) is 18.2 Å². The van der Waals surface area contributed by atoms with Crippen LogP contribution < -0.4 is 11.1 Å². The van der Waals surface area contributed by atoms with E-state index in [-0.39, 0.29) is 23.9 Å². The molecule has 0 saturated heterocycles. The summed E-state index contributed by atoms with van der Waals surface area (Å²) < 4.78 is 13.3. The Kier molecular flexibility index (Phi) is 7.31. The van der Waals surface area contributed by atoms with Crippen LogP contribution in [0.4, 0.5) is 16.0 Å². The number of aryl methyl sites for hydroxylation is 1. The van der Waals surface area contributed by atoms with Crippen LogP contribution in [0.15, 0.2) is 67.0 Å². The average molecular weight is 481 g/mol. The number of pyridine rings is 1. The SMILES string of the molecule is Cc1nc(N)cnc1-c1ccc(CNc2ncc(C#N)cc2C(=O)C[C@@H](C)c2ccc(F)cc2)cc1. The second kappa shape index (κ2) is 10.7. The summed E-state index contributed by atoms with van der Waals surface area (Å²) >= 11 is 0. The summed E-state index contributed by atoms with van der Waals surface area (Å²) in [6.45, 7) is 4.20. The van der Waals surface area contributed by atoms with Crippen LogP contribution in [0.3, 0.4) is 0 Å². The maximum absolute atomic E-state index is 13.3. The quantitative estimate of drug-likeness (QED) is 0.323.